The molecule has 0 aliphatic rings. The fourth-order valence-corrected chi connectivity index (χ4v) is 2.07. The smallest absolute Gasteiger partial charge is 0.253 e. The first-order valence-electron chi connectivity index (χ1n) is 6.87. The lowest BCUT2D eigenvalue weighted by Crippen LogP contribution is -2.26. The Balaban J connectivity index is 2.03. The van der Waals surface area contributed by atoms with E-state index in [9.17, 15) is 14.7 Å². The molecule has 0 atom stereocenters. The van der Waals surface area contributed by atoms with Crippen LogP contribution in [0.2, 0.25) is 0 Å². The first-order chi connectivity index (χ1) is 10.5. The number of benzene rings is 2. The summed E-state index contributed by atoms with van der Waals surface area (Å²) in [5, 5.41) is 11.9. The molecule has 0 aromatic heterocycles. The van der Waals surface area contributed by atoms with E-state index in [1.54, 1.807) is 60.5 Å². The molecular formula is C17H18N2O3. The fraction of sp³-hybridized carbons (Fsp3) is 0.176. The second-order valence-corrected chi connectivity index (χ2v) is 5.09. The van der Waals surface area contributed by atoms with Gasteiger partial charge in [-0.3, -0.25) is 9.59 Å². The number of amides is 2. The van der Waals surface area contributed by atoms with Gasteiger partial charge < -0.3 is 15.3 Å². The molecule has 0 bridgehead atoms. The summed E-state index contributed by atoms with van der Waals surface area (Å²) < 4.78 is 0. The summed E-state index contributed by atoms with van der Waals surface area (Å²) >= 11 is 0. The van der Waals surface area contributed by atoms with Gasteiger partial charge in [-0.05, 0) is 42.0 Å². The second kappa shape index (κ2) is 6.76. The molecule has 2 aromatic rings. The van der Waals surface area contributed by atoms with Crippen LogP contribution in [0.3, 0.4) is 0 Å². The van der Waals surface area contributed by atoms with Crippen LogP contribution in [0.4, 0.5) is 5.69 Å². The van der Waals surface area contributed by atoms with Crippen molar-refractivity contribution >= 4 is 17.5 Å². The number of anilines is 1. The van der Waals surface area contributed by atoms with Gasteiger partial charge in [0.25, 0.3) is 5.91 Å². The molecule has 5 heteroatoms. The third-order valence-electron chi connectivity index (χ3n) is 3.16. The number of hydrogen-bond acceptors (Lipinski definition) is 3. The van der Waals surface area contributed by atoms with Crippen molar-refractivity contribution in [2.75, 3.05) is 12.4 Å². The Morgan fingerprint density at radius 2 is 1.64 bits per heavy atom. The quantitative estimate of drug-likeness (QED) is 0.911. The van der Waals surface area contributed by atoms with E-state index < -0.39 is 0 Å². The summed E-state index contributed by atoms with van der Waals surface area (Å²) in [5.74, 6) is -0.0581. The third-order valence-corrected chi connectivity index (χ3v) is 3.16. The largest absolute Gasteiger partial charge is 0.508 e. The molecular weight excluding hydrogens is 280 g/mol. The van der Waals surface area contributed by atoms with Gasteiger partial charge in [-0.25, -0.2) is 0 Å². The van der Waals surface area contributed by atoms with E-state index in [2.05, 4.69) is 5.32 Å². The topological polar surface area (TPSA) is 69.6 Å². The SMILES string of the molecule is CC(=O)Nc1ccc(C(=O)N(C)Cc2ccc(O)cc2)cc1. The number of phenols is 1. The number of nitrogens with one attached hydrogen (secondary N) is 1. The van der Waals surface area contributed by atoms with Gasteiger partial charge in [0.15, 0.2) is 0 Å². The number of aromatic hydroxyl groups is 1. The normalized spacial score (nSPS) is 10.1. The molecule has 2 amide bonds. The van der Waals surface area contributed by atoms with Crippen LogP contribution in [0.15, 0.2) is 48.5 Å². The maximum absolute atomic E-state index is 12.3. The maximum Gasteiger partial charge on any atom is 0.253 e. The molecule has 5 nitrogen and oxygen atoms in total. The third kappa shape index (κ3) is 4.09. The lowest BCUT2D eigenvalue weighted by molar-refractivity contribution is -0.114. The van der Waals surface area contributed by atoms with Crippen LogP contribution in [-0.2, 0) is 11.3 Å². The van der Waals surface area contributed by atoms with Gasteiger partial charge in [-0.2, -0.15) is 0 Å². The van der Waals surface area contributed by atoms with Crippen LogP contribution >= 0.6 is 0 Å². The first kappa shape index (κ1) is 15.6. The number of phenolic OH excluding ortho intramolecular Hbond substituents is 1. The van der Waals surface area contributed by atoms with Crippen molar-refractivity contribution in [3.63, 3.8) is 0 Å². The molecule has 22 heavy (non-hydrogen) atoms. The molecule has 2 aromatic carbocycles. The molecule has 0 saturated carbocycles. The Bertz CT molecular complexity index is 663. The molecule has 0 spiro atoms. The standard InChI is InChI=1S/C17H18N2O3/c1-12(20)18-15-7-5-14(6-8-15)17(22)19(2)11-13-3-9-16(21)10-4-13/h3-10,21H,11H2,1-2H3,(H,18,20). The van der Waals surface area contributed by atoms with E-state index in [-0.39, 0.29) is 17.6 Å². The number of rotatable bonds is 4. The Hall–Kier alpha value is -2.82. The highest BCUT2D eigenvalue weighted by Gasteiger charge is 2.12. The Kier molecular flexibility index (Phi) is 4.78. The van der Waals surface area contributed by atoms with E-state index in [1.165, 1.54) is 6.92 Å². The fourth-order valence-electron chi connectivity index (χ4n) is 2.07. The number of hydrogen-bond donors (Lipinski definition) is 2. The minimum atomic E-state index is -0.150. The van der Waals surface area contributed by atoms with E-state index in [0.29, 0.717) is 17.8 Å². The maximum atomic E-state index is 12.3. The zero-order valence-electron chi connectivity index (χ0n) is 12.5. The van der Waals surface area contributed by atoms with Crippen LogP contribution in [0.1, 0.15) is 22.8 Å². The molecule has 0 aliphatic carbocycles. The summed E-state index contributed by atoms with van der Waals surface area (Å²) in [6.07, 6.45) is 0. The summed E-state index contributed by atoms with van der Waals surface area (Å²) in [4.78, 5) is 24.9. The van der Waals surface area contributed by atoms with Gasteiger partial charge in [0.05, 0.1) is 0 Å². The van der Waals surface area contributed by atoms with Crippen LogP contribution < -0.4 is 5.32 Å². The van der Waals surface area contributed by atoms with Crippen LogP contribution in [0.25, 0.3) is 0 Å². The van der Waals surface area contributed by atoms with Gasteiger partial charge in [0.2, 0.25) is 5.91 Å². The highest BCUT2D eigenvalue weighted by molar-refractivity contribution is 5.95. The molecule has 0 saturated heterocycles. The van der Waals surface area contributed by atoms with E-state index in [4.69, 9.17) is 0 Å². The first-order valence-corrected chi connectivity index (χ1v) is 6.87. The van der Waals surface area contributed by atoms with Crippen molar-refractivity contribution in [3.8, 4) is 5.75 Å². The molecule has 2 rings (SSSR count). The van der Waals surface area contributed by atoms with Gasteiger partial charge >= 0.3 is 0 Å². The second-order valence-electron chi connectivity index (χ2n) is 5.09. The van der Waals surface area contributed by atoms with Crippen LogP contribution in [0, 0.1) is 0 Å². The Morgan fingerprint density at radius 3 is 2.18 bits per heavy atom. The van der Waals surface area contributed by atoms with E-state index in [0.717, 1.165) is 5.56 Å². The predicted molar refractivity (Wildman–Crippen MR) is 84.7 cm³/mol. The summed E-state index contributed by atoms with van der Waals surface area (Å²) in [7, 11) is 1.72. The van der Waals surface area contributed by atoms with Gasteiger partial charge in [0.1, 0.15) is 5.75 Å². The van der Waals surface area contributed by atoms with Crippen molar-refractivity contribution in [3.05, 3.63) is 59.7 Å². The number of nitrogens with zero attached hydrogens (tertiary/aromatic N) is 1. The minimum Gasteiger partial charge on any atom is -0.508 e. The van der Waals surface area contributed by atoms with Crippen molar-refractivity contribution in [1.82, 2.24) is 4.90 Å². The number of carbonyl (C=O) groups excluding carboxylic acids is 2. The highest BCUT2D eigenvalue weighted by Crippen LogP contribution is 2.14. The molecule has 0 radical (unpaired) electrons. The Labute approximate surface area is 129 Å². The molecule has 2 N–H and O–H groups in total. The molecule has 114 valence electrons. The van der Waals surface area contributed by atoms with E-state index >= 15 is 0 Å². The van der Waals surface area contributed by atoms with Gasteiger partial charge in [-0.1, -0.05) is 12.1 Å². The molecule has 0 heterocycles. The highest BCUT2D eigenvalue weighted by atomic mass is 16.3. The van der Waals surface area contributed by atoms with Gasteiger partial charge in [0, 0.05) is 31.8 Å². The average Bonchev–Trinajstić information content (AvgIpc) is 2.49. The lowest BCUT2D eigenvalue weighted by atomic mass is 10.1. The monoisotopic (exact) mass is 298 g/mol. The summed E-state index contributed by atoms with van der Waals surface area (Å²) in [6.45, 7) is 1.89. The van der Waals surface area contributed by atoms with Crippen LogP contribution in [-0.4, -0.2) is 28.9 Å². The summed E-state index contributed by atoms with van der Waals surface area (Å²) in [5.41, 5.74) is 2.14. The van der Waals surface area contributed by atoms with Crippen molar-refractivity contribution in [2.24, 2.45) is 0 Å². The number of carbonyl (C=O) groups is 2. The predicted octanol–water partition coefficient (Wildman–Crippen LogP) is 2.62. The van der Waals surface area contributed by atoms with Gasteiger partial charge in [-0.15, -0.1) is 0 Å². The van der Waals surface area contributed by atoms with Crippen LogP contribution in [0.5, 0.6) is 5.75 Å². The van der Waals surface area contributed by atoms with Crippen molar-refractivity contribution < 1.29 is 14.7 Å². The Morgan fingerprint density at radius 1 is 1.05 bits per heavy atom. The van der Waals surface area contributed by atoms with Crippen molar-refractivity contribution in [1.29, 1.82) is 0 Å². The molecule has 0 unspecified atom stereocenters. The average molecular weight is 298 g/mol. The molecule has 0 aliphatic heterocycles. The molecule has 0 fully saturated rings. The zero-order valence-corrected chi connectivity index (χ0v) is 12.5. The summed E-state index contributed by atoms with van der Waals surface area (Å²) in [6, 6.07) is 13.5. The lowest BCUT2D eigenvalue weighted by Gasteiger charge is -2.17. The van der Waals surface area contributed by atoms with Crippen molar-refractivity contribution in [2.45, 2.75) is 13.5 Å². The minimum absolute atomic E-state index is 0.109. The van der Waals surface area contributed by atoms with E-state index in [1.807, 2.05) is 0 Å². The zero-order chi connectivity index (χ0) is 16.1.